The molecular formula is C21H27BrN2O8S. The number of hydrogen-bond donors (Lipinski definition) is 1. The Bertz CT molecular complexity index is 984. The molecule has 10 nitrogen and oxygen atoms in total. The zero-order valence-electron chi connectivity index (χ0n) is 18.1. The Morgan fingerprint density at radius 1 is 1.00 bits per heavy atom. The number of nitrogens with zero attached hydrogens (tertiary/aromatic N) is 1. The lowest BCUT2D eigenvalue weighted by Gasteiger charge is -2.29. The number of piperidine rings is 1. The zero-order valence-corrected chi connectivity index (χ0v) is 20.5. The number of carbonyl (C=O) groups is 3. The van der Waals surface area contributed by atoms with Crippen LogP contribution < -0.4 is 5.32 Å². The lowest BCUT2D eigenvalue weighted by atomic mass is 10.0. The fraction of sp³-hybridized carbons (Fsp3) is 0.571. The number of amides is 3. The number of alkyl halides is 1. The van der Waals surface area contributed by atoms with Gasteiger partial charge in [-0.1, -0.05) is 22.0 Å². The maximum absolute atomic E-state index is 12.9. The molecule has 0 bridgehead atoms. The van der Waals surface area contributed by atoms with E-state index in [1.165, 1.54) is 17.0 Å². The second-order valence-corrected chi connectivity index (χ2v) is 10.4. The van der Waals surface area contributed by atoms with Gasteiger partial charge in [0, 0.05) is 29.4 Å². The molecule has 1 unspecified atom stereocenters. The van der Waals surface area contributed by atoms with E-state index in [-0.39, 0.29) is 54.7 Å². The largest absolute Gasteiger partial charge is 0.378 e. The van der Waals surface area contributed by atoms with Crippen molar-refractivity contribution in [3.63, 3.8) is 0 Å². The van der Waals surface area contributed by atoms with Crippen LogP contribution in [0, 0.1) is 0 Å². The molecule has 1 saturated heterocycles. The number of rotatable bonds is 13. The Hall–Kier alpha value is -1.86. The van der Waals surface area contributed by atoms with Crippen LogP contribution in [0.1, 0.15) is 28.8 Å². The smallest absolute Gasteiger partial charge is 0.255 e. The molecule has 0 aliphatic carbocycles. The molecule has 1 fully saturated rings. The lowest BCUT2D eigenvalue weighted by molar-refractivity contribution is -0.136. The molecule has 0 saturated carbocycles. The quantitative estimate of drug-likeness (QED) is 0.217. The zero-order chi connectivity index (χ0) is 23.8. The Morgan fingerprint density at radius 3 is 2.33 bits per heavy atom. The Labute approximate surface area is 201 Å². The van der Waals surface area contributed by atoms with Crippen LogP contribution in [0.2, 0.25) is 0 Å². The highest BCUT2D eigenvalue weighted by atomic mass is 79.9. The van der Waals surface area contributed by atoms with Gasteiger partial charge in [-0.15, -0.1) is 0 Å². The Balaban J connectivity index is 1.53. The third-order valence-corrected chi connectivity index (χ3v) is 7.42. The highest BCUT2D eigenvalue weighted by Crippen LogP contribution is 2.32. The Morgan fingerprint density at radius 2 is 1.67 bits per heavy atom. The van der Waals surface area contributed by atoms with Gasteiger partial charge in [0.15, 0.2) is 9.84 Å². The van der Waals surface area contributed by atoms with E-state index in [0.29, 0.717) is 32.0 Å². The molecule has 3 rings (SSSR count). The van der Waals surface area contributed by atoms with Gasteiger partial charge in [-0.3, -0.25) is 19.7 Å². The van der Waals surface area contributed by atoms with Crippen LogP contribution in [0.5, 0.6) is 0 Å². The molecule has 1 aromatic rings. The number of sulfone groups is 1. The minimum Gasteiger partial charge on any atom is -0.378 e. The number of ether oxygens (including phenoxy) is 3. The topological polar surface area (TPSA) is 128 Å². The normalized spacial score (nSPS) is 18.5. The van der Waals surface area contributed by atoms with Crippen molar-refractivity contribution in [3.8, 4) is 0 Å². The molecule has 0 aromatic heterocycles. The van der Waals surface area contributed by atoms with Crippen molar-refractivity contribution in [1.29, 1.82) is 0 Å². The minimum atomic E-state index is -3.72. The molecule has 0 radical (unpaired) electrons. The van der Waals surface area contributed by atoms with Crippen LogP contribution >= 0.6 is 15.9 Å². The molecule has 2 aliphatic heterocycles. The van der Waals surface area contributed by atoms with Crippen LogP contribution in [0.4, 0.5) is 0 Å². The number of benzene rings is 1. The van der Waals surface area contributed by atoms with Gasteiger partial charge in [-0.25, -0.2) is 8.42 Å². The number of nitrogens with one attached hydrogen (secondary N) is 1. The second-order valence-electron chi connectivity index (χ2n) is 7.53. The van der Waals surface area contributed by atoms with Gasteiger partial charge < -0.3 is 19.1 Å². The summed E-state index contributed by atoms with van der Waals surface area (Å²) in [5.74, 6) is -1.58. The van der Waals surface area contributed by atoms with E-state index in [1.807, 2.05) is 0 Å². The van der Waals surface area contributed by atoms with E-state index in [9.17, 15) is 22.8 Å². The predicted molar refractivity (Wildman–Crippen MR) is 121 cm³/mol. The van der Waals surface area contributed by atoms with Crippen molar-refractivity contribution in [2.45, 2.75) is 30.3 Å². The van der Waals surface area contributed by atoms with Gasteiger partial charge in [0.1, 0.15) is 6.04 Å². The number of hydrogen-bond acceptors (Lipinski definition) is 8. The molecule has 1 atom stereocenters. The minimum absolute atomic E-state index is 0.00168. The van der Waals surface area contributed by atoms with E-state index in [4.69, 9.17) is 14.2 Å². The molecule has 1 N–H and O–H groups in total. The molecule has 33 heavy (non-hydrogen) atoms. The molecule has 3 amide bonds. The summed E-state index contributed by atoms with van der Waals surface area (Å²) in [4.78, 5) is 37.9. The van der Waals surface area contributed by atoms with Crippen LogP contribution in [-0.4, -0.2) is 87.8 Å². The van der Waals surface area contributed by atoms with Gasteiger partial charge in [0.25, 0.3) is 5.91 Å². The summed E-state index contributed by atoms with van der Waals surface area (Å²) in [6.07, 6.45) is 0.345. The van der Waals surface area contributed by atoms with Crippen LogP contribution in [0.25, 0.3) is 0 Å². The first-order valence-electron chi connectivity index (χ1n) is 10.6. The number of fused-ring (bicyclic) bond motifs is 1. The molecule has 2 heterocycles. The second kappa shape index (κ2) is 12.0. The number of halogens is 1. The van der Waals surface area contributed by atoms with Crippen molar-refractivity contribution < 1.29 is 37.0 Å². The summed E-state index contributed by atoms with van der Waals surface area (Å²) in [6.45, 7) is 2.09. The monoisotopic (exact) mass is 546 g/mol. The molecule has 12 heteroatoms. The molecule has 182 valence electrons. The SMILES string of the molecule is O=C1CCC(N2Cc3c(cccc3S(=O)(=O)CCOCCOCCOCCBr)C2=O)C(=O)N1. The maximum atomic E-state index is 12.9. The highest BCUT2D eigenvalue weighted by molar-refractivity contribution is 9.09. The van der Waals surface area contributed by atoms with Crippen molar-refractivity contribution in [1.82, 2.24) is 10.2 Å². The van der Waals surface area contributed by atoms with E-state index >= 15 is 0 Å². The summed E-state index contributed by atoms with van der Waals surface area (Å²) in [7, 11) is -3.72. The first-order valence-corrected chi connectivity index (χ1v) is 13.4. The van der Waals surface area contributed by atoms with Gasteiger partial charge in [-0.05, 0) is 18.6 Å². The fourth-order valence-corrected chi connectivity index (χ4v) is 5.35. The lowest BCUT2D eigenvalue weighted by Crippen LogP contribution is -2.52. The van der Waals surface area contributed by atoms with E-state index in [1.54, 1.807) is 6.07 Å². The molecule has 2 aliphatic rings. The summed E-state index contributed by atoms with van der Waals surface area (Å²) < 4.78 is 41.9. The molecular weight excluding hydrogens is 520 g/mol. The first kappa shape index (κ1) is 25.8. The van der Waals surface area contributed by atoms with Crippen LogP contribution in [-0.2, 0) is 40.2 Å². The fourth-order valence-electron chi connectivity index (χ4n) is 3.72. The van der Waals surface area contributed by atoms with E-state index < -0.39 is 27.7 Å². The van der Waals surface area contributed by atoms with Crippen LogP contribution in [0.3, 0.4) is 0 Å². The van der Waals surface area contributed by atoms with E-state index in [2.05, 4.69) is 21.2 Å². The summed E-state index contributed by atoms with van der Waals surface area (Å²) in [5, 5.41) is 3.00. The van der Waals surface area contributed by atoms with Gasteiger partial charge in [-0.2, -0.15) is 0 Å². The third kappa shape index (κ3) is 6.60. The number of carbonyl (C=O) groups excluding carboxylic acids is 3. The predicted octanol–water partition coefficient (Wildman–Crippen LogP) is 0.666. The third-order valence-electron chi connectivity index (χ3n) is 5.34. The van der Waals surface area contributed by atoms with Crippen molar-refractivity contribution in [3.05, 3.63) is 29.3 Å². The molecule has 1 aromatic carbocycles. The standard InChI is InChI=1S/C21H27BrN2O8S/c22-6-7-30-8-9-31-10-11-32-12-13-33(28,29)18-3-1-2-15-16(18)14-24(21(15)27)17-4-5-19(25)23-20(17)26/h1-3,17H,4-14H2,(H,23,25,26). The van der Waals surface area contributed by atoms with Crippen molar-refractivity contribution in [2.75, 3.05) is 50.7 Å². The summed E-state index contributed by atoms with van der Waals surface area (Å²) in [5.41, 5.74) is 0.635. The van der Waals surface area contributed by atoms with Gasteiger partial charge in [0.2, 0.25) is 11.8 Å². The average Bonchev–Trinajstić information content (AvgIpc) is 3.11. The Kier molecular flexibility index (Phi) is 9.38. The highest BCUT2D eigenvalue weighted by Gasteiger charge is 2.40. The molecule has 0 spiro atoms. The summed E-state index contributed by atoms with van der Waals surface area (Å²) >= 11 is 3.26. The van der Waals surface area contributed by atoms with Gasteiger partial charge >= 0.3 is 0 Å². The first-order chi connectivity index (χ1) is 15.8. The average molecular weight is 547 g/mol. The number of imide groups is 1. The summed E-state index contributed by atoms with van der Waals surface area (Å²) in [6, 6.07) is 3.74. The van der Waals surface area contributed by atoms with Crippen LogP contribution in [0.15, 0.2) is 23.1 Å². The maximum Gasteiger partial charge on any atom is 0.255 e. The van der Waals surface area contributed by atoms with Gasteiger partial charge in [0.05, 0.1) is 50.3 Å². The van der Waals surface area contributed by atoms with Crippen molar-refractivity contribution in [2.24, 2.45) is 0 Å². The van der Waals surface area contributed by atoms with E-state index in [0.717, 1.165) is 5.33 Å². The van der Waals surface area contributed by atoms with Crippen molar-refractivity contribution >= 4 is 43.5 Å².